The van der Waals surface area contributed by atoms with Crippen LogP contribution in [0.4, 0.5) is 5.69 Å². The molecule has 0 unspecified atom stereocenters. The van der Waals surface area contributed by atoms with Crippen LogP contribution in [0.5, 0.6) is 5.75 Å². The maximum Gasteiger partial charge on any atom is 0.257 e. The molecule has 234 valence electrons. The van der Waals surface area contributed by atoms with Crippen LogP contribution in [0.15, 0.2) is 73.1 Å². The van der Waals surface area contributed by atoms with Crippen LogP contribution in [-0.4, -0.2) is 81.7 Å². The average molecular weight is 649 g/mol. The molecule has 4 aromatic rings. The number of carbonyl (C=O) groups is 2. The van der Waals surface area contributed by atoms with Crippen molar-refractivity contribution in [1.29, 1.82) is 0 Å². The van der Waals surface area contributed by atoms with Gasteiger partial charge in [-0.2, -0.15) is 0 Å². The summed E-state index contributed by atoms with van der Waals surface area (Å²) in [6.45, 7) is 3.63. The van der Waals surface area contributed by atoms with Crippen molar-refractivity contribution in [2.75, 3.05) is 45.2 Å². The zero-order valence-corrected chi connectivity index (χ0v) is 26.5. The highest BCUT2D eigenvalue weighted by atomic mass is 35.5. The van der Waals surface area contributed by atoms with Crippen molar-refractivity contribution in [3.05, 3.63) is 94.2 Å². The van der Waals surface area contributed by atoms with E-state index in [1.165, 1.54) is 11.0 Å². The van der Waals surface area contributed by atoms with Gasteiger partial charge in [-0.05, 0) is 104 Å². The van der Waals surface area contributed by atoms with Crippen molar-refractivity contribution >= 4 is 40.7 Å². The number of para-hydroxylation sites is 1. The number of nitrogens with zero attached hydrogens (tertiary/aromatic N) is 6. The van der Waals surface area contributed by atoms with Crippen molar-refractivity contribution < 1.29 is 14.3 Å². The third-order valence-corrected chi connectivity index (χ3v) is 9.85. The number of ether oxygens (including phenoxy) is 1. The highest BCUT2D eigenvalue weighted by Gasteiger charge is 2.42. The lowest BCUT2D eigenvalue weighted by Crippen LogP contribution is -2.42. The Morgan fingerprint density at radius 3 is 2.51 bits per heavy atom. The van der Waals surface area contributed by atoms with E-state index in [4.69, 9.17) is 27.9 Å². The second-order valence-electron chi connectivity index (χ2n) is 11.7. The van der Waals surface area contributed by atoms with Crippen molar-refractivity contribution in [3.8, 4) is 11.4 Å². The lowest BCUT2D eigenvalue weighted by Gasteiger charge is -2.36. The third-order valence-electron chi connectivity index (χ3n) is 9.11. The molecule has 6 rings (SSSR count). The minimum atomic E-state index is -0.313. The molecule has 1 N–H and O–H groups in total. The number of rotatable bonds is 9. The predicted octanol–water partition coefficient (Wildman–Crippen LogP) is 5.50. The minimum Gasteiger partial charge on any atom is -0.496 e. The Hall–Kier alpha value is -3.99. The normalized spacial score (nSPS) is 19.0. The number of piperidine rings is 1. The van der Waals surface area contributed by atoms with E-state index in [1.54, 1.807) is 19.2 Å². The lowest BCUT2D eigenvalue weighted by atomic mass is 9.76. The van der Waals surface area contributed by atoms with Crippen LogP contribution >= 0.6 is 23.2 Å². The molecule has 0 radical (unpaired) electrons. The van der Waals surface area contributed by atoms with Crippen molar-refractivity contribution in [1.82, 2.24) is 30.0 Å². The highest BCUT2D eigenvalue weighted by molar-refractivity contribution is 6.42. The number of benzene rings is 3. The summed E-state index contributed by atoms with van der Waals surface area (Å²) in [5, 5.41) is 15.4. The van der Waals surface area contributed by atoms with Crippen molar-refractivity contribution in [3.63, 3.8) is 0 Å². The third kappa shape index (κ3) is 6.83. The number of anilines is 1. The Balaban J connectivity index is 1.16. The number of amides is 2. The zero-order valence-electron chi connectivity index (χ0n) is 25.0. The Kier molecular flexibility index (Phi) is 9.34. The Bertz CT molecular complexity index is 1650. The fourth-order valence-corrected chi connectivity index (χ4v) is 6.77. The average Bonchev–Trinajstić information content (AvgIpc) is 3.77. The van der Waals surface area contributed by atoms with Gasteiger partial charge in [0.1, 0.15) is 12.1 Å². The number of carbonyl (C=O) groups excluding carboxylic acids is 2. The van der Waals surface area contributed by atoms with E-state index in [2.05, 4.69) is 25.7 Å². The molecular weight excluding hydrogens is 613 g/mol. The molecule has 3 aromatic carbocycles. The Labute approximate surface area is 272 Å². The number of hydrogen-bond donors (Lipinski definition) is 1. The summed E-state index contributed by atoms with van der Waals surface area (Å²) in [4.78, 5) is 31.2. The van der Waals surface area contributed by atoms with Gasteiger partial charge in [0.05, 0.1) is 28.4 Å². The quantitative estimate of drug-likeness (QED) is 0.256. The Morgan fingerprint density at radius 2 is 1.80 bits per heavy atom. The van der Waals surface area contributed by atoms with Gasteiger partial charge in [0.2, 0.25) is 5.91 Å². The largest absolute Gasteiger partial charge is 0.496 e. The van der Waals surface area contributed by atoms with Crippen molar-refractivity contribution in [2.24, 2.45) is 5.92 Å². The summed E-state index contributed by atoms with van der Waals surface area (Å²) < 4.78 is 7.08. The predicted molar refractivity (Wildman–Crippen MR) is 173 cm³/mol. The molecule has 2 saturated heterocycles. The maximum atomic E-state index is 14.0. The van der Waals surface area contributed by atoms with E-state index >= 15 is 0 Å². The second kappa shape index (κ2) is 13.6. The number of nitrogens with one attached hydrogen (secondary N) is 1. The maximum absolute atomic E-state index is 14.0. The van der Waals surface area contributed by atoms with E-state index < -0.39 is 0 Å². The van der Waals surface area contributed by atoms with Crippen LogP contribution in [-0.2, 0) is 10.2 Å². The number of likely N-dealkylation sites (tertiary alicyclic amines) is 2. The fourth-order valence-electron chi connectivity index (χ4n) is 6.47. The molecule has 2 aliphatic rings. The second-order valence-corrected chi connectivity index (χ2v) is 12.6. The molecule has 0 bridgehead atoms. The van der Waals surface area contributed by atoms with E-state index in [0.717, 1.165) is 56.6 Å². The first-order valence-corrected chi connectivity index (χ1v) is 15.9. The molecule has 1 atom stereocenters. The van der Waals surface area contributed by atoms with Crippen LogP contribution < -0.4 is 10.1 Å². The molecule has 2 aliphatic heterocycles. The van der Waals surface area contributed by atoms with E-state index in [-0.39, 0.29) is 23.1 Å². The first-order chi connectivity index (χ1) is 21.8. The summed E-state index contributed by atoms with van der Waals surface area (Å²) in [6, 6.07) is 20.7. The van der Waals surface area contributed by atoms with Crippen LogP contribution in [0.3, 0.4) is 0 Å². The van der Waals surface area contributed by atoms with Gasteiger partial charge >= 0.3 is 0 Å². The number of halogens is 2. The molecule has 3 heterocycles. The van der Waals surface area contributed by atoms with Gasteiger partial charge in [0.15, 0.2) is 0 Å². The fraction of sp³-hybridized carbons (Fsp3) is 0.364. The van der Waals surface area contributed by atoms with Crippen LogP contribution in [0.1, 0.15) is 41.6 Å². The number of methoxy groups -OCH3 is 1. The monoisotopic (exact) mass is 647 g/mol. The summed E-state index contributed by atoms with van der Waals surface area (Å²) in [5.41, 5.74) is 2.70. The number of hydrogen-bond acceptors (Lipinski definition) is 7. The minimum absolute atomic E-state index is 0.0101. The first kappa shape index (κ1) is 31.0. The standard InChI is InChI=1S/C33H35Cl2N7O3/c1-45-30-10-8-26(42-22-36-38-39-42)20-27(30)32(44)41-18-14-33(21-41,24-7-9-28(34)29(35)19-24)13-17-40-15-11-23(12-16-40)31(43)37-25-5-3-2-4-6-25/h2-10,19-20,22-23H,11-18,21H2,1H3,(H,37,43)/t33-/m1/s1. The molecule has 0 spiro atoms. The summed E-state index contributed by atoms with van der Waals surface area (Å²) in [7, 11) is 1.56. The molecule has 2 fully saturated rings. The van der Waals surface area contributed by atoms with Crippen LogP contribution in [0.2, 0.25) is 10.0 Å². The number of aromatic nitrogens is 4. The molecule has 45 heavy (non-hydrogen) atoms. The molecule has 10 nitrogen and oxygen atoms in total. The van der Waals surface area contributed by atoms with Gasteiger partial charge in [-0.25, -0.2) is 4.68 Å². The smallest absolute Gasteiger partial charge is 0.257 e. The molecule has 0 aliphatic carbocycles. The molecule has 12 heteroatoms. The SMILES string of the molecule is COc1ccc(-n2cnnn2)cc1C(=O)N1CC[C@@](CCN2CCC(C(=O)Nc3ccccc3)CC2)(c2ccc(Cl)c(Cl)c2)C1. The zero-order chi connectivity index (χ0) is 31.4. The van der Waals surface area contributed by atoms with E-state index in [1.807, 2.05) is 59.5 Å². The molecular formula is C33H35Cl2N7O3. The van der Waals surface area contributed by atoms with Gasteiger partial charge in [-0.15, -0.1) is 5.10 Å². The summed E-state index contributed by atoms with van der Waals surface area (Å²) in [6.07, 6.45) is 4.71. The molecule has 1 aromatic heterocycles. The number of tetrazole rings is 1. The van der Waals surface area contributed by atoms with Gasteiger partial charge in [-0.3, -0.25) is 9.59 Å². The Morgan fingerprint density at radius 1 is 1.00 bits per heavy atom. The summed E-state index contributed by atoms with van der Waals surface area (Å²) in [5.74, 6) is 0.443. The first-order valence-electron chi connectivity index (χ1n) is 15.1. The van der Waals surface area contributed by atoms with Crippen molar-refractivity contribution in [2.45, 2.75) is 31.1 Å². The van der Waals surface area contributed by atoms with Crippen LogP contribution in [0, 0.1) is 5.92 Å². The van der Waals surface area contributed by atoms with E-state index in [9.17, 15) is 9.59 Å². The molecule has 0 saturated carbocycles. The summed E-state index contributed by atoms with van der Waals surface area (Å²) >= 11 is 12.8. The van der Waals surface area contributed by atoms with Gasteiger partial charge < -0.3 is 19.9 Å². The van der Waals surface area contributed by atoms with Gasteiger partial charge in [0.25, 0.3) is 5.91 Å². The van der Waals surface area contributed by atoms with E-state index in [0.29, 0.717) is 40.1 Å². The van der Waals surface area contributed by atoms with Gasteiger partial charge in [-0.1, -0.05) is 47.5 Å². The highest BCUT2D eigenvalue weighted by Crippen LogP contribution is 2.41. The van der Waals surface area contributed by atoms with Crippen LogP contribution in [0.25, 0.3) is 5.69 Å². The van der Waals surface area contributed by atoms with Gasteiger partial charge in [0, 0.05) is 30.1 Å². The topological polar surface area (TPSA) is 105 Å². The lowest BCUT2D eigenvalue weighted by molar-refractivity contribution is -0.121. The molecule has 2 amide bonds.